The predicted molar refractivity (Wildman–Crippen MR) is 111 cm³/mol. The summed E-state index contributed by atoms with van der Waals surface area (Å²) in [5.74, 6) is 0. The average molecular weight is 346 g/mol. The van der Waals surface area contributed by atoms with Crippen molar-refractivity contribution in [1.82, 2.24) is 0 Å². The zero-order chi connectivity index (χ0) is 18.3. The van der Waals surface area contributed by atoms with Gasteiger partial charge in [0.1, 0.15) is 0 Å². The number of aryl methyl sites for hydroxylation is 6. The Balaban J connectivity index is 2.28. The summed E-state index contributed by atoms with van der Waals surface area (Å²) in [6.07, 6.45) is 0. The van der Waals surface area contributed by atoms with Crippen LogP contribution in [0.1, 0.15) is 33.4 Å². The number of hydrogen-bond acceptors (Lipinski definition) is 1. The standard InChI is InChI=1S/C24H26S/c1-14-10-16(3)22(17(4)11-14)20-8-7-9-21(24(20)25)23-18(5)12-15(2)13-19(23)6/h7-13,25H,1-6H3/p-1. The second-order valence-electron chi connectivity index (χ2n) is 7.23. The minimum atomic E-state index is 0.951. The Hall–Kier alpha value is -2.12. The van der Waals surface area contributed by atoms with E-state index >= 15 is 0 Å². The molecule has 0 amide bonds. The van der Waals surface area contributed by atoms with Crippen molar-refractivity contribution in [2.75, 3.05) is 0 Å². The van der Waals surface area contributed by atoms with E-state index in [0.29, 0.717) is 0 Å². The lowest BCUT2D eigenvalue weighted by molar-refractivity contribution is 1.28. The molecule has 0 bridgehead atoms. The molecule has 0 radical (unpaired) electrons. The van der Waals surface area contributed by atoms with Crippen molar-refractivity contribution >= 4 is 12.6 Å². The molecule has 1 heteroatoms. The van der Waals surface area contributed by atoms with Crippen LogP contribution in [0.15, 0.2) is 47.4 Å². The Labute approximate surface area is 157 Å². The summed E-state index contributed by atoms with van der Waals surface area (Å²) in [5.41, 5.74) is 12.6. The Bertz CT molecular complexity index is 842. The highest BCUT2D eigenvalue weighted by Crippen LogP contribution is 2.38. The van der Waals surface area contributed by atoms with Crippen LogP contribution in [0.3, 0.4) is 0 Å². The number of hydrogen-bond donors (Lipinski definition) is 0. The summed E-state index contributed by atoms with van der Waals surface area (Å²) in [6, 6.07) is 15.4. The first kappa shape index (κ1) is 17.7. The monoisotopic (exact) mass is 345 g/mol. The van der Waals surface area contributed by atoms with E-state index in [4.69, 9.17) is 12.6 Å². The van der Waals surface area contributed by atoms with Crippen LogP contribution in [0.25, 0.3) is 22.3 Å². The van der Waals surface area contributed by atoms with E-state index in [0.717, 1.165) is 4.90 Å². The van der Waals surface area contributed by atoms with E-state index < -0.39 is 0 Å². The molecule has 0 aliphatic rings. The van der Waals surface area contributed by atoms with E-state index in [-0.39, 0.29) is 0 Å². The highest BCUT2D eigenvalue weighted by atomic mass is 32.1. The Morgan fingerprint density at radius 2 is 0.880 bits per heavy atom. The third-order valence-electron chi connectivity index (χ3n) is 4.91. The van der Waals surface area contributed by atoms with E-state index in [1.54, 1.807) is 0 Å². The summed E-state index contributed by atoms with van der Waals surface area (Å²) < 4.78 is 0. The van der Waals surface area contributed by atoms with E-state index in [2.05, 4.69) is 84.0 Å². The third kappa shape index (κ3) is 3.21. The van der Waals surface area contributed by atoms with Crippen LogP contribution in [0.4, 0.5) is 0 Å². The highest BCUT2D eigenvalue weighted by molar-refractivity contribution is 7.59. The lowest BCUT2D eigenvalue weighted by atomic mass is 9.89. The Morgan fingerprint density at radius 1 is 0.560 bits per heavy atom. The van der Waals surface area contributed by atoms with Crippen molar-refractivity contribution in [3.8, 4) is 22.3 Å². The molecule has 0 aromatic heterocycles. The van der Waals surface area contributed by atoms with Gasteiger partial charge in [0.05, 0.1) is 0 Å². The molecule has 0 spiro atoms. The summed E-state index contributed by atoms with van der Waals surface area (Å²) in [6.45, 7) is 13.0. The fourth-order valence-electron chi connectivity index (χ4n) is 4.14. The van der Waals surface area contributed by atoms with Gasteiger partial charge < -0.3 is 12.6 Å². The van der Waals surface area contributed by atoms with Crippen LogP contribution < -0.4 is 0 Å². The SMILES string of the molecule is Cc1cc(C)c(-c2cccc(-c3c(C)cc(C)cc3C)c2[S-])c(C)c1. The van der Waals surface area contributed by atoms with E-state index in [9.17, 15) is 0 Å². The van der Waals surface area contributed by atoms with Gasteiger partial charge in [0, 0.05) is 0 Å². The van der Waals surface area contributed by atoms with Crippen LogP contribution in [-0.4, -0.2) is 0 Å². The normalized spacial score (nSPS) is 11.0. The molecule has 0 aliphatic heterocycles. The number of rotatable bonds is 2. The number of benzene rings is 3. The minimum absolute atomic E-state index is 0.951. The van der Waals surface area contributed by atoms with Crippen molar-refractivity contribution in [2.24, 2.45) is 0 Å². The maximum atomic E-state index is 5.96. The van der Waals surface area contributed by atoms with Crippen molar-refractivity contribution in [3.63, 3.8) is 0 Å². The molecule has 128 valence electrons. The van der Waals surface area contributed by atoms with Crippen molar-refractivity contribution < 1.29 is 0 Å². The van der Waals surface area contributed by atoms with Gasteiger partial charge in [0.15, 0.2) is 0 Å². The maximum absolute atomic E-state index is 5.96. The van der Waals surface area contributed by atoms with Crippen LogP contribution in [-0.2, 0) is 12.6 Å². The van der Waals surface area contributed by atoms with Crippen LogP contribution in [0.5, 0.6) is 0 Å². The molecule has 0 nitrogen and oxygen atoms in total. The molecule has 0 saturated heterocycles. The van der Waals surface area contributed by atoms with Crippen LogP contribution >= 0.6 is 0 Å². The summed E-state index contributed by atoms with van der Waals surface area (Å²) in [7, 11) is 0. The molecule has 0 saturated carbocycles. The highest BCUT2D eigenvalue weighted by Gasteiger charge is 2.12. The van der Waals surface area contributed by atoms with E-state index in [1.807, 2.05) is 0 Å². The van der Waals surface area contributed by atoms with Gasteiger partial charge in [-0.15, -0.1) is 0 Å². The fourth-order valence-corrected chi connectivity index (χ4v) is 4.48. The molecular formula is C24H25S-. The maximum Gasteiger partial charge on any atom is -0.0140 e. The molecule has 0 aliphatic carbocycles. The van der Waals surface area contributed by atoms with Gasteiger partial charge in [-0.1, -0.05) is 53.6 Å². The first-order chi connectivity index (χ1) is 11.8. The van der Waals surface area contributed by atoms with E-state index in [1.165, 1.54) is 55.6 Å². The van der Waals surface area contributed by atoms with Gasteiger partial charge >= 0.3 is 0 Å². The molecule has 0 heterocycles. The molecule has 25 heavy (non-hydrogen) atoms. The second kappa shape index (κ2) is 6.65. The second-order valence-corrected chi connectivity index (χ2v) is 7.64. The Morgan fingerprint density at radius 3 is 1.20 bits per heavy atom. The molecule has 0 unspecified atom stereocenters. The molecule has 0 atom stereocenters. The first-order valence-electron chi connectivity index (χ1n) is 8.76. The fraction of sp³-hybridized carbons (Fsp3) is 0.250. The van der Waals surface area contributed by atoms with Crippen molar-refractivity contribution in [1.29, 1.82) is 0 Å². The van der Waals surface area contributed by atoms with Gasteiger partial charge in [-0.25, -0.2) is 0 Å². The predicted octanol–water partition coefficient (Wildman–Crippen LogP) is 6.78. The summed E-state index contributed by atoms with van der Waals surface area (Å²) in [4.78, 5) is 0.951. The van der Waals surface area contributed by atoms with Gasteiger partial charge in [-0.05, 0) is 86.1 Å². The molecular weight excluding hydrogens is 320 g/mol. The zero-order valence-corrected chi connectivity index (χ0v) is 16.8. The molecule has 0 N–H and O–H groups in total. The van der Waals surface area contributed by atoms with Gasteiger partial charge in [0.25, 0.3) is 0 Å². The topological polar surface area (TPSA) is 0 Å². The molecule has 3 aromatic carbocycles. The van der Waals surface area contributed by atoms with Gasteiger partial charge in [-0.2, -0.15) is 4.90 Å². The largest absolute Gasteiger partial charge is 0.779 e. The molecule has 3 aromatic rings. The Kier molecular flexibility index (Phi) is 4.71. The van der Waals surface area contributed by atoms with Crippen molar-refractivity contribution in [3.05, 3.63) is 75.8 Å². The molecule has 3 rings (SSSR count). The average Bonchev–Trinajstić information content (AvgIpc) is 2.48. The van der Waals surface area contributed by atoms with Crippen LogP contribution in [0, 0.1) is 41.5 Å². The van der Waals surface area contributed by atoms with Crippen LogP contribution in [0.2, 0.25) is 0 Å². The quantitative estimate of drug-likeness (QED) is 0.461. The summed E-state index contributed by atoms with van der Waals surface area (Å²) in [5, 5.41) is 0. The van der Waals surface area contributed by atoms with Gasteiger partial charge in [-0.3, -0.25) is 0 Å². The first-order valence-corrected chi connectivity index (χ1v) is 9.17. The lowest BCUT2D eigenvalue weighted by Gasteiger charge is -2.24. The van der Waals surface area contributed by atoms with Crippen molar-refractivity contribution in [2.45, 2.75) is 46.4 Å². The minimum Gasteiger partial charge on any atom is -0.779 e. The smallest absolute Gasteiger partial charge is 0.0140 e. The lowest BCUT2D eigenvalue weighted by Crippen LogP contribution is -1.96. The zero-order valence-electron chi connectivity index (χ0n) is 15.9. The summed E-state index contributed by atoms with van der Waals surface area (Å²) >= 11 is 5.96. The third-order valence-corrected chi connectivity index (χ3v) is 5.35. The van der Waals surface area contributed by atoms with Gasteiger partial charge in [0.2, 0.25) is 0 Å². The molecule has 0 fully saturated rings.